The zero-order valence-electron chi connectivity index (χ0n) is 7.85. The summed E-state index contributed by atoms with van der Waals surface area (Å²) in [5.74, 6) is -8.59. The van der Waals surface area contributed by atoms with Crippen molar-refractivity contribution < 1.29 is 27.1 Å². The summed E-state index contributed by atoms with van der Waals surface area (Å²) in [7, 11) is 0. The quantitative estimate of drug-likeness (QED) is 0.625. The molecule has 16 heavy (non-hydrogen) atoms. The third-order valence-corrected chi connectivity index (χ3v) is 2.06. The van der Waals surface area contributed by atoms with Gasteiger partial charge in [0.1, 0.15) is 18.5 Å². The molecule has 0 aromatic heterocycles. The first-order chi connectivity index (χ1) is 7.31. The Balaban J connectivity index is 3.28. The van der Waals surface area contributed by atoms with Crippen molar-refractivity contribution in [1.29, 1.82) is 0 Å². The molecule has 1 rings (SSSR count). The molecule has 0 heterocycles. The van der Waals surface area contributed by atoms with Crippen LogP contribution in [0.15, 0.2) is 12.1 Å². The van der Waals surface area contributed by atoms with Gasteiger partial charge in [0, 0.05) is 5.56 Å². The Labute approximate surface area is 87.5 Å². The van der Waals surface area contributed by atoms with Gasteiger partial charge in [0.2, 0.25) is 0 Å². The first kappa shape index (κ1) is 12.9. The summed E-state index contributed by atoms with van der Waals surface area (Å²) in [6, 6.07) is -1.51. The topological polar surface area (TPSA) is 46.2 Å². The largest absolute Gasteiger partial charge is 0.390 e. The lowest BCUT2D eigenvalue weighted by atomic mass is 10.0. The minimum Gasteiger partial charge on any atom is -0.390 e. The Bertz CT molecular complexity index is 396. The van der Waals surface area contributed by atoms with Gasteiger partial charge >= 0.3 is 0 Å². The summed E-state index contributed by atoms with van der Waals surface area (Å²) >= 11 is 0. The maximum Gasteiger partial charge on any atom is 0.289 e. The van der Waals surface area contributed by atoms with Gasteiger partial charge in [-0.2, -0.15) is 0 Å². The highest BCUT2D eigenvalue weighted by atomic mass is 19.3. The minimum absolute atomic E-state index is 0.456. The summed E-state index contributed by atoms with van der Waals surface area (Å²) in [6.07, 6.45) is 0. The van der Waals surface area contributed by atoms with Gasteiger partial charge in [0.25, 0.3) is 5.92 Å². The van der Waals surface area contributed by atoms with E-state index in [2.05, 4.69) is 0 Å². The molecule has 1 aromatic carbocycles. The lowest BCUT2D eigenvalue weighted by Crippen LogP contribution is -2.37. The normalized spacial score (nSPS) is 13.9. The second kappa shape index (κ2) is 4.34. The van der Waals surface area contributed by atoms with Crippen LogP contribution in [0.25, 0.3) is 0 Å². The van der Waals surface area contributed by atoms with E-state index in [1.165, 1.54) is 0 Å². The number of hydrogen-bond donors (Lipinski definition) is 2. The maximum absolute atomic E-state index is 13.1. The van der Waals surface area contributed by atoms with E-state index in [0.717, 1.165) is 0 Å². The molecule has 0 radical (unpaired) electrons. The van der Waals surface area contributed by atoms with Crippen molar-refractivity contribution in [1.82, 2.24) is 0 Å². The molecule has 0 unspecified atom stereocenters. The molecular weight excluding hydrogens is 233 g/mol. The molecule has 0 spiro atoms. The van der Waals surface area contributed by atoms with Gasteiger partial charge in [0.05, 0.1) is 0 Å². The second-order valence-corrected chi connectivity index (χ2v) is 3.15. The lowest BCUT2D eigenvalue weighted by Gasteiger charge is -2.22. The SMILES string of the molecule is N[C@H](c1c(F)ccc(F)c1F)C(F)(F)CO. The van der Waals surface area contributed by atoms with Crippen LogP contribution in [0, 0.1) is 17.5 Å². The number of nitrogens with two attached hydrogens (primary N) is 1. The first-order valence-corrected chi connectivity index (χ1v) is 4.19. The van der Waals surface area contributed by atoms with Crippen molar-refractivity contribution in [2.24, 2.45) is 5.73 Å². The monoisotopic (exact) mass is 241 g/mol. The summed E-state index contributed by atoms with van der Waals surface area (Å²) in [5, 5.41) is 8.31. The van der Waals surface area contributed by atoms with Crippen molar-refractivity contribution in [2.45, 2.75) is 12.0 Å². The number of halogens is 5. The Morgan fingerprint density at radius 1 is 1.19 bits per heavy atom. The van der Waals surface area contributed by atoms with Crippen LogP contribution in [0.2, 0.25) is 0 Å². The Kier molecular flexibility index (Phi) is 3.49. The van der Waals surface area contributed by atoms with Crippen molar-refractivity contribution in [3.63, 3.8) is 0 Å². The van der Waals surface area contributed by atoms with E-state index in [1.807, 2.05) is 0 Å². The molecule has 0 bridgehead atoms. The van der Waals surface area contributed by atoms with Gasteiger partial charge in [-0.1, -0.05) is 0 Å². The molecular formula is C9H8F5NO. The van der Waals surface area contributed by atoms with E-state index in [-0.39, 0.29) is 0 Å². The van der Waals surface area contributed by atoms with Gasteiger partial charge in [0.15, 0.2) is 11.6 Å². The molecule has 0 aliphatic carbocycles. The van der Waals surface area contributed by atoms with E-state index in [0.29, 0.717) is 12.1 Å². The van der Waals surface area contributed by atoms with Crippen LogP contribution in [-0.4, -0.2) is 17.6 Å². The van der Waals surface area contributed by atoms with Gasteiger partial charge in [-0.05, 0) is 12.1 Å². The molecule has 0 aliphatic rings. The first-order valence-electron chi connectivity index (χ1n) is 4.19. The Morgan fingerprint density at radius 2 is 1.69 bits per heavy atom. The zero-order chi connectivity index (χ0) is 12.5. The fourth-order valence-electron chi connectivity index (χ4n) is 1.14. The van der Waals surface area contributed by atoms with E-state index in [4.69, 9.17) is 10.8 Å². The number of alkyl halides is 2. The summed E-state index contributed by atoms with van der Waals surface area (Å²) in [4.78, 5) is 0. The number of benzene rings is 1. The molecule has 0 amide bonds. The van der Waals surface area contributed by atoms with Crippen molar-refractivity contribution in [2.75, 3.05) is 6.61 Å². The summed E-state index contributed by atoms with van der Waals surface area (Å²) < 4.78 is 64.6. The third kappa shape index (κ3) is 2.14. The highest BCUT2D eigenvalue weighted by Gasteiger charge is 2.40. The van der Waals surface area contributed by atoms with E-state index in [1.54, 1.807) is 0 Å². The minimum atomic E-state index is -3.94. The van der Waals surface area contributed by atoms with E-state index >= 15 is 0 Å². The smallest absolute Gasteiger partial charge is 0.289 e. The molecule has 1 aromatic rings. The number of rotatable bonds is 3. The van der Waals surface area contributed by atoms with Crippen LogP contribution in [-0.2, 0) is 0 Å². The predicted molar refractivity (Wildman–Crippen MR) is 45.3 cm³/mol. The molecule has 0 fully saturated rings. The standard InChI is InChI=1S/C9H8F5NO/c10-4-1-2-5(11)7(12)6(4)8(15)9(13,14)3-16/h1-2,8,16H,3,15H2/t8-/m1/s1. The Morgan fingerprint density at radius 3 is 2.19 bits per heavy atom. The predicted octanol–water partition coefficient (Wildman–Crippen LogP) is 1.73. The van der Waals surface area contributed by atoms with E-state index < -0.39 is 41.6 Å². The third-order valence-electron chi connectivity index (χ3n) is 2.06. The summed E-state index contributed by atoms with van der Waals surface area (Å²) in [5.41, 5.74) is 3.62. The highest BCUT2D eigenvalue weighted by Crippen LogP contribution is 2.32. The zero-order valence-corrected chi connectivity index (χ0v) is 7.85. The molecule has 0 saturated heterocycles. The van der Waals surface area contributed by atoms with Crippen LogP contribution in [0.3, 0.4) is 0 Å². The number of hydrogen-bond acceptors (Lipinski definition) is 2. The molecule has 2 nitrogen and oxygen atoms in total. The highest BCUT2D eigenvalue weighted by molar-refractivity contribution is 5.26. The van der Waals surface area contributed by atoms with Gasteiger partial charge in [-0.15, -0.1) is 0 Å². The van der Waals surface area contributed by atoms with Crippen LogP contribution < -0.4 is 5.73 Å². The average molecular weight is 241 g/mol. The molecule has 3 N–H and O–H groups in total. The number of aliphatic hydroxyl groups excluding tert-OH is 1. The van der Waals surface area contributed by atoms with Crippen LogP contribution in [0.4, 0.5) is 22.0 Å². The van der Waals surface area contributed by atoms with Crippen molar-refractivity contribution in [3.8, 4) is 0 Å². The van der Waals surface area contributed by atoms with E-state index in [9.17, 15) is 22.0 Å². The fraction of sp³-hybridized carbons (Fsp3) is 0.333. The number of aliphatic hydroxyl groups is 1. The van der Waals surface area contributed by atoms with Crippen molar-refractivity contribution >= 4 is 0 Å². The molecule has 7 heteroatoms. The van der Waals surface area contributed by atoms with Crippen LogP contribution >= 0.6 is 0 Å². The fourth-order valence-corrected chi connectivity index (χ4v) is 1.14. The molecule has 90 valence electrons. The maximum atomic E-state index is 13.1. The summed E-state index contributed by atoms with van der Waals surface area (Å²) in [6.45, 7) is -1.69. The van der Waals surface area contributed by atoms with Gasteiger partial charge < -0.3 is 10.8 Å². The molecule has 0 aliphatic heterocycles. The van der Waals surface area contributed by atoms with Crippen LogP contribution in [0.1, 0.15) is 11.6 Å². The van der Waals surface area contributed by atoms with Gasteiger partial charge in [-0.3, -0.25) is 0 Å². The second-order valence-electron chi connectivity index (χ2n) is 3.15. The van der Waals surface area contributed by atoms with Crippen molar-refractivity contribution in [3.05, 3.63) is 35.1 Å². The van der Waals surface area contributed by atoms with Crippen LogP contribution in [0.5, 0.6) is 0 Å². The Hall–Kier alpha value is -1.21. The van der Waals surface area contributed by atoms with Gasteiger partial charge in [-0.25, -0.2) is 22.0 Å². The molecule has 1 atom stereocenters. The molecule has 0 saturated carbocycles. The average Bonchev–Trinajstić information content (AvgIpc) is 2.24. The lowest BCUT2D eigenvalue weighted by molar-refractivity contribution is -0.0727.